The second-order valence-electron chi connectivity index (χ2n) is 6.81. The van der Waals surface area contributed by atoms with E-state index in [4.69, 9.17) is 14.2 Å². The van der Waals surface area contributed by atoms with E-state index in [2.05, 4.69) is 11.9 Å². The molecule has 0 aromatic heterocycles. The summed E-state index contributed by atoms with van der Waals surface area (Å²) in [5, 5.41) is 3.50. The number of nitrogens with one attached hydrogen (secondary N) is 1. The van der Waals surface area contributed by atoms with Crippen molar-refractivity contribution in [3.63, 3.8) is 0 Å². The molecule has 0 unspecified atom stereocenters. The fraction of sp³-hybridized carbons (Fsp3) is 0.550. The van der Waals surface area contributed by atoms with Crippen LogP contribution in [0.2, 0.25) is 0 Å². The molecular weight excluding hydrogens is 332 g/mol. The van der Waals surface area contributed by atoms with Crippen LogP contribution < -0.4 is 19.5 Å². The standard InChI is InChI=1S/C20H28N2O4/c1-4-14-13-22(20(23)17-7-5-6-16(14)21-17)10-11-26-15-8-9-18(24-2)19(12-15)25-3/h4,8-9,12,14,16-17,21H,1,5-7,10-11,13H2,2-3H3/t14-,16+,17-/m0/s1. The van der Waals surface area contributed by atoms with Gasteiger partial charge in [-0.25, -0.2) is 0 Å². The van der Waals surface area contributed by atoms with Gasteiger partial charge >= 0.3 is 0 Å². The van der Waals surface area contributed by atoms with Crippen LogP contribution in [0.5, 0.6) is 17.2 Å². The van der Waals surface area contributed by atoms with Gasteiger partial charge < -0.3 is 24.4 Å². The molecule has 2 bridgehead atoms. The minimum absolute atomic E-state index is 0.0696. The Hall–Kier alpha value is -2.21. The van der Waals surface area contributed by atoms with Crippen LogP contribution in [0.15, 0.2) is 30.9 Å². The van der Waals surface area contributed by atoms with Gasteiger partial charge in [0.25, 0.3) is 0 Å². The number of methoxy groups -OCH3 is 2. The average Bonchev–Trinajstić information content (AvgIpc) is 2.77. The molecule has 2 heterocycles. The number of ether oxygens (including phenoxy) is 3. The van der Waals surface area contributed by atoms with E-state index in [9.17, 15) is 4.79 Å². The normalized spacial score (nSPS) is 25.4. The van der Waals surface area contributed by atoms with Gasteiger partial charge in [0.1, 0.15) is 12.4 Å². The van der Waals surface area contributed by atoms with Crippen LogP contribution in [0, 0.1) is 5.92 Å². The number of rotatable bonds is 7. The fourth-order valence-electron chi connectivity index (χ4n) is 3.81. The highest BCUT2D eigenvalue weighted by Gasteiger charge is 2.37. The number of fused-ring (bicyclic) bond motifs is 2. The van der Waals surface area contributed by atoms with Gasteiger partial charge in [-0.3, -0.25) is 4.79 Å². The van der Waals surface area contributed by atoms with Gasteiger partial charge in [0, 0.05) is 24.6 Å². The highest BCUT2D eigenvalue weighted by molar-refractivity contribution is 5.82. The van der Waals surface area contributed by atoms with E-state index in [1.54, 1.807) is 20.3 Å². The summed E-state index contributed by atoms with van der Waals surface area (Å²) in [4.78, 5) is 14.7. The molecule has 2 aliphatic rings. The number of carbonyl (C=O) groups is 1. The van der Waals surface area contributed by atoms with Crippen molar-refractivity contribution in [1.82, 2.24) is 10.2 Å². The fourth-order valence-corrected chi connectivity index (χ4v) is 3.81. The van der Waals surface area contributed by atoms with Gasteiger partial charge in [0.2, 0.25) is 5.91 Å². The minimum atomic E-state index is -0.0696. The third-order valence-electron chi connectivity index (χ3n) is 5.27. The molecule has 1 aromatic rings. The van der Waals surface area contributed by atoms with Crippen molar-refractivity contribution in [2.24, 2.45) is 5.92 Å². The molecule has 142 valence electrons. The second kappa shape index (κ2) is 8.45. The maximum absolute atomic E-state index is 12.8. The van der Waals surface area contributed by atoms with Crippen LogP contribution in [-0.2, 0) is 4.79 Å². The minimum Gasteiger partial charge on any atom is -0.493 e. The third kappa shape index (κ3) is 3.96. The summed E-state index contributed by atoms with van der Waals surface area (Å²) < 4.78 is 16.4. The van der Waals surface area contributed by atoms with E-state index in [0.717, 1.165) is 19.3 Å². The molecule has 2 aliphatic heterocycles. The van der Waals surface area contributed by atoms with Gasteiger partial charge in [-0.05, 0) is 31.4 Å². The van der Waals surface area contributed by atoms with Crippen LogP contribution in [-0.4, -0.2) is 56.8 Å². The van der Waals surface area contributed by atoms with Gasteiger partial charge in [-0.2, -0.15) is 0 Å². The van der Waals surface area contributed by atoms with Crippen molar-refractivity contribution in [2.75, 3.05) is 33.9 Å². The smallest absolute Gasteiger partial charge is 0.239 e. The quantitative estimate of drug-likeness (QED) is 0.756. The maximum Gasteiger partial charge on any atom is 0.239 e. The highest BCUT2D eigenvalue weighted by Crippen LogP contribution is 2.31. The molecule has 3 atom stereocenters. The summed E-state index contributed by atoms with van der Waals surface area (Å²) in [5.41, 5.74) is 0. The lowest BCUT2D eigenvalue weighted by molar-refractivity contribution is -0.133. The largest absolute Gasteiger partial charge is 0.493 e. The van der Waals surface area contributed by atoms with Crippen LogP contribution >= 0.6 is 0 Å². The Bertz CT molecular complexity index is 649. The predicted molar refractivity (Wildman–Crippen MR) is 99.9 cm³/mol. The lowest BCUT2D eigenvalue weighted by atomic mass is 9.91. The Kier molecular flexibility index (Phi) is 6.04. The van der Waals surface area contributed by atoms with Gasteiger partial charge in [0.15, 0.2) is 11.5 Å². The first-order valence-corrected chi connectivity index (χ1v) is 9.18. The van der Waals surface area contributed by atoms with E-state index < -0.39 is 0 Å². The van der Waals surface area contributed by atoms with E-state index >= 15 is 0 Å². The van der Waals surface area contributed by atoms with Crippen molar-refractivity contribution in [3.05, 3.63) is 30.9 Å². The first-order chi connectivity index (χ1) is 12.7. The third-order valence-corrected chi connectivity index (χ3v) is 5.27. The molecule has 1 aromatic carbocycles. The van der Waals surface area contributed by atoms with Crippen molar-refractivity contribution in [3.8, 4) is 17.2 Å². The summed E-state index contributed by atoms with van der Waals surface area (Å²) in [6.07, 6.45) is 5.08. The van der Waals surface area contributed by atoms with Gasteiger partial charge in [-0.15, -0.1) is 6.58 Å². The van der Waals surface area contributed by atoms with Crippen molar-refractivity contribution < 1.29 is 19.0 Å². The van der Waals surface area contributed by atoms with E-state index in [1.807, 2.05) is 23.1 Å². The molecule has 0 spiro atoms. The molecule has 6 nitrogen and oxygen atoms in total. The number of piperidine rings is 1. The molecule has 1 amide bonds. The Morgan fingerprint density at radius 3 is 2.81 bits per heavy atom. The first kappa shape index (κ1) is 18.6. The molecule has 3 rings (SSSR count). The van der Waals surface area contributed by atoms with E-state index in [-0.39, 0.29) is 17.9 Å². The Morgan fingerprint density at radius 1 is 1.27 bits per heavy atom. The number of nitrogens with zero attached hydrogens (tertiary/aromatic N) is 1. The van der Waals surface area contributed by atoms with E-state index in [0.29, 0.717) is 43.0 Å². The van der Waals surface area contributed by atoms with Gasteiger partial charge in [0.05, 0.1) is 26.8 Å². The van der Waals surface area contributed by atoms with Crippen LogP contribution in [0.3, 0.4) is 0 Å². The number of benzene rings is 1. The SMILES string of the molecule is C=C[C@H]1CN(CCOc2ccc(OC)c(OC)c2)C(=O)[C@@H]2CCC[C@H]1N2. The zero-order valence-electron chi connectivity index (χ0n) is 15.6. The van der Waals surface area contributed by atoms with Crippen LogP contribution in [0.4, 0.5) is 0 Å². The summed E-state index contributed by atoms with van der Waals surface area (Å²) in [6, 6.07) is 5.73. The lowest BCUT2D eigenvalue weighted by Crippen LogP contribution is -2.49. The first-order valence-electron chi connectivity index (χ1n) is 9.18. The van der Waals surface area contributed by atoms with Gasteiger partial charge in [-0.1, -0.05) is 6.08 Å². The molecule has 2 saturated heterocycles. The molecule has 26 heavy (non-hydrogen) atoms. The highest BCUT2D eigenvalue weighted by atomic mass is 16.5. The Labute approximate surface area is 155 Å². The summed E-state index contributed by atoms with van der Waals surface area (Å²) in [7, 11) is 3.20. The summed E-state index contributed by atoms with van der Waals surface area (Å²) in [5.74, 6) is 2.44. The predicted octanol–water partition coefficient (Wildman–Crippen LogP) is 2.24. The molecule has 1 N–H and O–H groups in total. The van der Waals surface area contributed by atoms with Crippen LogP contribution in [0.25, 0.3) is 0 Å². The Balaban J connectivity index is 1.61. The van der Waals surface area contributed by atoms with Crippen molar-refractivity contribution in [2.45, 2.75) is 31.3 Å². The number of hydrogen-bond donors (Lipinski definition) is 1. The molecule has 6 heteroatoms. The maximum atomic E-state index is 12.8. The monoisotopic (exact) mass is 360 g/mol. The molecule has 0 radical (unpaired) electrons. The van der Waals surface area contributed by atoms with E-state index in [1.165, 1.54) is 0 Å². The van der Waals surface area contributed by atoms with Crippen molar-refractivity contribution in [1.29, 1.82) is 0 Å². The zero-order chi connectivity index (χ0) is 18.5. The molecule has 2 fully saturated rings. The van der Waals surface area contributed by atoms with Crippen molar-refractivity contribution >= 4 is 5.91 Å². The van der Waals surface area contributed by atoms with Crippen LogP contribution in [0.1, 0.15) is 19.3 Å². The Morgan fingerprint density at radius 2 is 2.08 bits per heavy atom. The number of amides is 1. The topological polar surface area (TPSA) is 60.0 Å². The molecule has 0 aliphatic carbocycles. The zero-order valence-corrected chi connectivity index (χ0v) is 15.6. The summed E-state index contributed by atoms with van der Waals surface area (Å²) in [6.45, 7) is 5.65. The second-order valence-corrected chi connectivity index (χ2v) is 6.81. The number of carbonyl (C=O) groups excluding carboxylic acids is 1. The molecule has 0 saturated carbocycles. The lowest BCUT2D eigenvalue weighted by Gasteiger charge is -2.29. The molecular formula is C20H28N2O4. The number of hydrogen-bond acceptors (Lipinski definition) is 5. The summed E-state index contributed by atoms with van der Waals surface area (Å²) >= 11 is 0. The average molecular weight is 360 g/mol.